The lowest BCUT2D eigenvalue weighted by molar-refractivity contribution is -0.136. The van der Waals surface area contributed by atoms with Crippen molar-refractivity contribution in [2.75, 3.05) is 0 Å². The van der Waals surface area contributed by atoms with Crippen LogP contribution in [0.2, 0.25) is 0 Å². The standard InChI is InChI=1S/C12H16O3S/c1-4-11(12(13)14)16(15)10-6-5-8(2)9(3)7-10/h5-7,11H,4H2,1-3H3,(H,13,14). The van der Waals surface area contributed by atoms with Crippen LogP contribution in [-0.4, -0.2) is 20.5 Å². The van der Waals surface area contributed by atoms with Crippen molar-refractivity contribution in [3.63, 3.8) is 0 Å². The minimum Gasteiger partial charge on any atom is -0.480 e. The molecule has 4 heteroatoms. The average molecular weight is 240 g/mol. The molecule has 0 aromatic heterocycles. The number of aryl methyl sites for hydroxylation is 2. The molecule has 2 unspecified atom stereocenters. The van der Waals surface area contributed by atoms with Gasteiger partial charge in [-0.25, -0.2) is 0 Å². The molecule has 1 rings (SSSR count). The van der Waals surface area contributed by atoms with Crippen LogP contribution in [0.25, 0.3) is 0 Å². The Morgan fingerprint density at radius 2 is 2.00 bits per heavy atom. The van der Waals surface area contributed by atoms with E-state index >= 15 is 0 Å². The quantitative estimate of drug-likeness (QED) is 0.878. The molecule has 0 saturated heterocycles. The van der Waals surface area contributed by atoms with Gasteiger partial charge >= 0.3 is 5.97 Å². The monoisotopic (exact) mass is 240 g/mol. The summed E-state index contributed by atoms with van der Waals surface area (Å²) in [6.45, 7) is 5.63. The summed E-state index contributed by atoms with van der Waals surface area (Å²) in [4.78, 5) is 11.5. The highest BCUT2D eigenvalue weighted by Crippen LogP contribution is 2.17. The normalized spacial score (nSPS) is 14.4. The summed E-state index contributed by atoms with van der Waals surface area (Å²) in [7, 11) is -1.47. The molecule has 1 aromatic rings. The van der Waals surface area contributed by atoms with E-state index in [0.29, 0.717) is 11.3 Å². The van der Waals surface area contributed by atoms with Gasteiger partial charge in [-0.05, 0) is 43.5 Å². The van der Waals surface area contributed by atoms with Crippen molar-refractivity contribution in [2.45, 2.75) is 37.3 Å². The molecule has 0 radical (unpaired) electrons. The fourth-order valence-electron chi connectivity index (χ4n) is 1.42. The summed E-state index contributed by atoms with van der Waals surface area (Å²) in [6.07, 6.45) is 0.370. The molecule has 88 valence electrons. The first kappa shape index (κ1) is 12.9. The van der Waals surface area contributed by atoms with Gasteiger partial charge in [-0.3, -0.25) is 9.00 Å². The smallest absolute Gasteiger partial charge is 0.319 e. The fraction of sp³-hybridized carbons (Fsp3) is 0.417. The van der Waals surface area contributed by atoms with E-state index in [1.807, 2.05) is 19.9 Å². The van der Waals surface area contributed by atoms with E-state index in [9.17, 15) is 9.00 Å². The van der Waals surface area contributed by atoms with E-state index in [1.54, 1.807) is 19.1 Å². The molecule has 0 aliphatic heterocycles. The third kappa shape index (κ3) is 2.70. The van der Waals surface area contributed by atoms with Gasteiger partial charge in [0.05, 0.1) is 10.8 Å². The van der Waals surface area contributed by atoms with Crippen LogP contribution in [-0.2, 0) is 15.6 Å². The van der Waals surface area contributed by atoms with Crippen molar-refractivity contribution < 1.29 is 14.1 Å². The lowest BCUT2D eigenvalue weighted by Gasteiger charge is -2.11. The Morgan fingerprint density at radius 3 is 2.44 bits per heavy atom. The summed E-state index contributed by atoms with van der Waals surface area (Å²) in [6, 6.07) is 5.41. The Bertz CT molecular complexity index is 426. The van der Waals surface area contributed by atoms with E-state index in [0.717, 1.165) is 11.1 Å². The van der Waals surface area contributed by atoms with Crippen molar-refractivity contribution in [3.05, 3.63) is 29.3 Å². The number of hydrogen-bond acceptors (Lipinski definition) is 2. The molecule has 2 atom stereocenters. The largest absolute Gasteiger partial charge is 0.480 e. The molecule has 0 fully saturated rings. The third-order valence-electron chi connectivity index (χ3n) is 2.62. The second kappa shape index (κ2) is 5.25. The Kier molecular flexibility index (Phi) is 4.24. The number of carboxylic acid groups (broad SMARTS) is 1. The van der Waals surface area contributed by atoms with E-state index < -0.39 is 22.0 Å². The van der Waals surface area contributed by atoms with Crippen LogP contribution in [0, 0.1) is 13.8 Å². The minimum atomic E-state index is -1.47. The van der Waals surface area contributed by atoms with Gasteiger partial charge in [-0.2, -0.15) is 0 Å². The summed E-state index contributed by atoms with van der Waals surface area (Å²) >= 11 is 0. The van der Waals surface area contributed by atoms with Crippen molar-refractivity contribution >= 4 is 16.8 Å². The van der Waals surface area contributed by atoms with Crippen LogP contribution < -0.4 is 0 Å². The minimum absolute atomic E-state index is 0.370. The molecular weight excluding hydrogens is 224 g/mol. The molecular formula is C12H16O3S. The first-order valence-electron chi connectivity index (χ1n) is 5.18. The van der Waals surface area contributed by atoms with Crippen LogP contribution in [0.4, 0.5) is 0 Å². The first-order valence-corrected chi connectivity index (χ1v) is 6.39. The number of aliphatic carboxylic acids is 1. The number of benzene rings is 1. The average Bonchev–Trinajstić information content (AvgIpc) is 2.22. The maximum absolute atomic E-state index is 12.0. The van der Waals surface area contributed by atoms with Crippen molar-refractivity contribution in [3.8, 4) is 0 Å². The fourth-order valence-corrected chi connectivity index (χ4v) is 2.73. The van der Waals surface area contributed by atoms with Gasteiger partial charge in [-0.15, -0.1) is 0 Å². The molecule has 0 heterocycles. The van der Waals surface area contributed by atoms with Gasteiger partial charge in [0.25, 0.3) is 0 Å². The second-order valence-corrected chi connectivity index (χ2v) is 5.41. The van der Waals surface area contributed by atoms with Gasteiger partial charge in [0.2, 0.25) is 0 Å². The molecule has 0 saturated carbocycles. The van der Waals surface area contributed by atoms with E-state index in [1.165, 1.54) is 0 Å². The summed E-state index contributed by atoms with van der Waals surface area (Å²) in [5.74, 6) is -1.00. The second-order valence-electron chi connectivity index (χ2n) is 3.78. The maximum Gasteiger partial charge on any atom is 0.319 e. The first-order chi connectivity index (χ1) is 7.47. The zero-order valence-corrected chi connectivity index (χ0v) is 10.5. The Labute approximate surface area is 98.0 Å². The molecule has 0 amide bonds. The zero-order chi connectivity index (χ0) is 12.3. The van der Waals surface area contributed by atoms with Crippen molar-refractivity contribution in [2.24, 2.45) is 0 Å². The molecule has 0 bridgehead atoms. The Balaban J connectivity index is 3.04. The highest BCUT2D eigenvalue weighted by Gasteiger charge is 2.23. The molecule has 1 N–H and O–H groups in total. The van der Waals surface area contributed by atoms with Gasteiger partial charge in [0.1, 0.15) is 5.25 Å². The van der Waals surface area contributed by atoms with Crippen LogP contribution in [0.15, 0.2) is 23.1 Å². The topological polar surface area (TPSA) is 54.4 Å². The van der Waals surface area contributed by atoms with Crippen LogP contribution >= 0.6 is 0 Å². The molecule has 0 aliphatic rings. The summed E-state index contributed by atoms with van der Waals surface area (Å²) in [5, 5.41) is 8.12. The third-order valence-corrected chi connectivity index (χ3v) is 4.39. The molecule has 0 spiro atoms. The van der Waals surface area contributed by atoms with E-state index in [-0.39, 0.29) is 0 Å². The number of rotatable bonds is 4. The van der Waals surface area contributed by atoms with E-state index in [4.69, 9.17) is 5.11 Å². The van der Waals surface area contributed by atoms with Crippen molar-refractivity contribution in [1.82, 2.24) is 0 Å². The maximum atomic E-state index is 12.0. The number of carboxylic acids is 1. The predicted octanol–water partition coefficient (Wildman–Crippen LogP) is 2.27. The molecule has 1 aromatic carbocycles. The van der Waals surface area contributed by atoms with Gasteiger partial charge in [0.15, 0.2) is 0 Å². The van der Waals surface area contributed by atoms with Gasteiger partial charge in [-0.1, -0.05) is 13.0 Å². The van der Waals surface area contributed by atoms with Crippen LogP contribution in [0.5, 0.6) is 0 Å². The van der Waals surface area contributed by atoms with Crippen LogP contribution in [0.3, 0.4) is 0 Å². The summed E-state index contributed by atoms with van der Waals surface area (Å²) < 4.78 is 12.0. The predicted molar refractivity (Wildman–Crippen MR) is 64.0 cm³/mol. The molecule has 16 heavy (non-hydrogen) atoms. The Hall–Kier alpha value is -1.16. The lowest BCUT2D eigenvalue weighted by atomic mass is 10.1. The lowest BCUT2D eigenvalue weighted by Crippen LogP contribution is -2.24. The van der Waals surface area contributed by atoms with Gasteiger partial charge < -0.3 is 5.11 Å². The summed E-state index contributed by atoms with van der Waals surface area (Å²) in [5.41, 5.74) is 2.15. The highest BCUT2D eigenvalue weighted by molar-refractivity contribution is 7.86. The highest BCUT2D eigenvalue weighted by atomic mass is 32.2. The van der Waals surface area contributed by atoms with Gasteiger partial charge in [0, 0.05) is 4.90 Å². The van der Waals surface area contributed by atoms with Crippen molar-refractivity contribution in [1.29, 1.82) is 0 Å². The Morgan fingerprint density at radius 1 is 1.38 bits per heavy atom. The molecule has 0 aliphatic carbocycles. The number of carbonyl (C=O) groups is 1. The van der Waals surface area contributed by atoms with Crippen LogP contribution in [0.1, 0.15) is 24.5 Å². The number of hydrogen-bond donors (Lipinski definition) is 1. The zero-order valence-electron chi connectivity index (χ0n) is 9.69. The SMILES string of the molecule is CCC(C(=O)O)S(=O)c1ccc(C)c(C)c1. The molecule has 3 nitrogen and oxygen atoms in total. The van der Waals surface area contributed by atoms with E-state index in [2.05, 4.69) is 0 Å².